The van der Waals surface area contributed by atoms with Crippen LogP contribution in [0.5, 0.6) is 5.75 Å². The number of nitrogens with zero attached hydrogens (tertiary/aromatic N) is 1. The Morgan fingerprint density at radius 1 is 1.00 bits per heavy atom. The predicted octanol–water partition coefficient (Wildman–Crippen LogP) is 5.28. The van der Waals surface area contributed by atoms with Gasteiger partial charge >= 0.3 is 0 Å². The molecule has 0 radical (unpaired) electrons. The molecule has 0 spiro atoms. The quantitative estimate of drug-likeness (QED) is 0.345. The van der Waals surface area contributed by atoms with Crippen molar-refractivity contribution in [3.05, 3.63) is 100 Å². The van der Waals surface area contributed by atoms with E-state index in [1.807, 2.05) is 13.0 Å². The van der Waals surface area contributed by atoms with Gasteiger partial charge in [-0.05, 0) is 42.3 Å². The molecule has 4 rings (SSSR count). The predicted molar refractivity (Wildman–Crippen MR) is 120 cm³/mol. The number of carbonyl (C=O) groups excluding carboxylic acids is 2. The minimum atomic E-state index is -0.815. The summed E-state index contributed by atoms with van der Waals surface area (Å²) in [5, 5.41) is 11.5. The Kier molecular flexibility index (Phi) is 5.53. The van der Waals surface area contributed by atoms with E-state index in [2.05, 4.69) is 0 Å². The van der Waals surface area contributed by atoms with E-state index in [1.165, 1.54) is 4.90 Å². The first-order chi connectivity index (χ1) is 14.9. The number of hydrogen-bond acceptors (Lipinski definition) is 4. The van der Waals surface area contributed by atoms with Crippen molar-refractivity contribution in [3.8, 4) is 5.75 Å². The third-order valence-corrected chi connectivity index (χ3v) is 5.76. The number of amides is 1. The number of carbonyl (C=O) groups is 2. The fraction of sp³-hybridized carbons (Fsp3) is 0.120. The number of aliphatic hydroxyl groups is 1. The molecular weight excluding hydrogens is 414 g/mol. The molecule has 0 aromatic heterocycles. The van der Waals surface area contributed by atoms with Crippen LogP contribution in [0.4, 0.5) is 5.69 Å². The third kappa shape index (κ3) is 3.68. The monoisotopic (exact) mass is 433 g/mol. The van der Waals surface area contributed by atoms with E-state index < -0.39 is 17.7 Å². The van der Waals surface area contributed by atoms with E-state index in [1.54, 1.807) is 73.8 Å². The molecule has 1 heterocycles. The maximum atomic E-state index is 13.1. The van der Waals surface area contributed by atoms with Crippen LogP contribution in [0.15, 0.2) is 78.4 Å². The summed E-state index contributed by atoms with van der Waals surface area (Å²) in [7, 11) is 1.56. The molecule has 1 amide bonds. The number of ketones is 1. The molecule has 0 saturated carbocycles. The molecule has 31 heavy (non-hydrogen) atoms. The molecule has 1 atom stereocenters. The lowest BCUT2D eigenvalue weighted by molar-refractivity contribution is -0.132. The topological polar surface area (TPSA) is 66.8 Å². The molecule has 5 nitrogen and oxygen atoms in total. The second kappa shape index (κ2) is 8.28. The number of rotatable bonds is 4. The Bertz CT molecular complexity index is 1190. The van der Waals surface area contributed by atoms with Crippen LogP contribution in [0.3, 0.4) is 0 Å². The normalized spacial score (nSPS) is 17.8. The third-order valence-electron chi connectivity index (χ3n) is 5.36. The average molecular weight is 434 g/mol. The van der Waals surface area contributed by atoms with Crippen LogP contribution in [0.2, 0.25) is 5.02 Å². The number of anilines is 1. The number of Topliss-reactive ketones (excluding diaryl/α,β-unsaturated/α-hetero) is 1. The zero-order valence-electron chi connectivity index (χ0n) is 17.0. The average Bonchev–Trinajstić information content (AvgIpc) is 3.06. The Morgan fingerprint density at radius 3 is 2.29 bits per heavy atom. The molecule has 1 aliphatic heterocycles. The fourth-order valence-corrected chi connectivity index (χ4v) is 3.86. The van der Waals surface area contributed by atoms with Crippen LogP contribution in [0.1, 0.15) is 22.7 Å². The molecular formula is C25H20ClNO4. The van der Waals surface area contributed by atoms with E-state index in [4.69, 9.17) is 16.3 Å². The van der Waals surface area contributed by atoms with Gasteiger partial charge < -0.3 is 9.84 Å². The van der Waals surface area contributed by atoms with Gasteiger partial charge in [0, 0.05) is 16.3 Å². The number of aliphatic hydroxyl groups excluding tert-OH is 1. The first-order valence-corrected chi connectivity index (χ1v) is 10.1. The van der Waals surface area contributed by atoms with Crippen molar-refractivity contribution in [3.63, 3.8) is 0 Å². The minimum absolute atomic E-state index is 0.0260. The second-order valence-electron chi connectivity index (χ2n) is 7.24. The van der Waals surface area contributed by atoms with Gasteiger partial charge in [-0.1, -0.05) is 60.1 Å². The highest BCUT2D eigenvalue weighted by molar-refractivity contribution is 6.51. The van der Waals surface area contributed by atoms with Crippen molar-refractivity contribution in [2.75, 3.05) is 12.0 Å². The van der Waals surface area contributed by atoms with E-state index in [0.29, 0.717) is 27.6 Å². The molecule has 0 bridgehead atoms. The van der Waals surface area contributed by atoms with Gasteiger partial charge in [0.1, 0.15) is 11.5 Å². The number of aryl methyl sites for hydroxylation is 1. The van der Waals surface area contributed by atoms with Crippen LogP contribution in [-0.2, 0) is 9.59 Å². The molecule has 3 aromatic carbocycles. The van der Waals surface area contributed by atoms with E-state index >= 15 is 0 Å². The van der Waals surface area contributed by atoms with Crippen LogP contribution >= 0.6 is 11.6 Å². The van der Waals surface area contributed by atoms with Crippen LogP contribution in [-0.4, -0.2) is 23.9 Å². The lowest BCUT2D eigenvalue weighted by Gasteiger charge is -2.26. The Hall–Kier alpha value is -3.57. The van der Waals surface area contributed by atoms with Gasteiger partial charge in [-0.25, -0.2) is 0 Å². The molecule has 1 N–H and O–H groups in total. The van der Waals surface area contributed by atoms with Gasteiger partial charge in [-0.3, -0.25) is 14.5 Å². The largest absolute Gasteiger partial charge is 0.507 e. The highest BCUT2D eigenvalue weighted by Crippen LogP contribution is 2.43. The Labute approximate surface area is 185 Å². The standard InChI is InChI=1S/C25H20ClNO4/c1-15-8-11-18(14-20(15)26)27-22(16-9-12-19(31-2)13-10-16)21(24(29)25(27)30)23(28)17-6-4-3-5-7-17/h3-14,22,28H,1-2H3/t22-/m0/s1. The SMILES string of the molecule is COc1ccc([C@H]2C(=C(O)c3ccccc3)C(=O)C(=O)N2c2ccc(C)c(Cl)c2)cc1. The van der Waals surface area contributed by atoms with Crippen molar-refractivity contribution in [2.45, 2.75) is 13.0 Å². The summed E-state index contributed by atoms with van der Waals surface area (Å²) >= 11 is 6.30. The van der Waals surface area contributed by atoms with Gasteiger partial charge in [0.05, 0.1) is 18.7 Å². The molecule has 1 saturated heterocycles. The summed E-state index contributed by atoms with van der Waals surface area (Å²) in [6.45, 7) is 1.86. The molecule has 1 aliphatic rings. The summed E-state index contributed by atoms with van der Waals surface area (Å²) in [5.74, 6) is -1.06. The summed E-state index contributed by atoms with van der Waals surface area (Å²) in [4.78, 5) is 27.6. The number of benzene rings is 3. The zero-order chi connectivity index (χ0) is 22.1. The van der Waals surface area contributed by atoms with Gasteiger partial charge in [-0.2, -0.15) is 0 Å². The number of halogens is 1. The van der Waals surface area contributed by atoms with Gasteiger partial charge in [0.2, 0.25) is 0 Å². The smallest absolute Gasteiger partial charge is 0.300 e. The van der Waals surface area contributed by atoms with E-state index in [0.717, 1.165) is 5.56 Å². The van der Waals surface area contributed by atoms with E-state index in [9.17, 15) is 14.7 Å². The Balaban J connectivity index is 1.94. The second-order valence-corrected chi connectivity index (χ2v) is 7.65. The summed E-state index contributed by atoms with van der Waals surface area (Å²) in [6.07, 6.45) is 0. The van der Waals surface area contributed by atoms with Crippen LogP contribution in [0, 0.1) is 6.92 Å². The number of ether oxygens (including phenoxy) is 1. The van der Waals surface area contributed by atoms with Crippen molar-refractivity contribution in [1.29, 1.82) is 0 Å². The van der Waals surface area contributed by atoms with Crippen LogP contribution < -0.4 is 9.64 Å². The van der Waals surface area contributed by atoms with E-state index in [-0.39, 0.29) is 11.3 Å². The Morgan fingerprint density at radius 2 is 1.68 bits per heavy atom. The van der Waals surface area contributed by atoms with Gasteiger partial charge in [0.15, 0.2) is 0 Å². The molecule has 1 fully saturated rings. The summed E-state index contributed by atoms with van der Waals surface area (Å²) in [6, 6.07) is 20.1. The molecule has 156 valence electrons. The van der Waals surface area contributed by atoms with Crippen molar-refractivity contribution in [2.24, 2.45) is 0 Å². The lowest BCUT2D eigenvalue weighted by Crippen LogP contribution is -2.29. The maximum Gasteiger partial charge on any atom is 0.300 e. The van der Waals surface area contributed by atoms with Crippen molar-refractivity contribution >= 4 is 34.7 Å². The van der Waals surface area contributed by atoms with Gasteiger partial charge in [-0.15, -0.1) is 0 Å². The highest BCUT2D eigenvalue weighted by atomic mass is 35.5. The summed E-state index contributed by atoms with van der Waals surface area (Å²) in [5.41, 5.74) is 2.48. The van der Waals surface area contributed by atoms with Crippen molar-refractivity contribution in [1.82, 2.24) is 0 Å². The molecule has 0 unspecified atom stereocenters. The molecule has 0 aliphatic carbocycles. The number of hydrogen-bond donors (Lipinski definition) is 1. The fourth-order valence-electron chi connectivity index (χ4n) is 3.68. The number of methoxy groups -OCH3 is 1. The minimum Gasteiger partial charge on any atom is -0.507 e. The molecule has 6 heteroatoms. The lowest BCUT2D eigenvalue weighted by atomic mass is 9.95. The van der Waals surface area contributed by atoms with Crippen LogP contribution in [0.25, 0.3) is 5.76 Å². The maximum absolute atomic E-state index is 13.1. The highest BCUT2D eigenvalue weighted by Gasteiger charge is 2.47. The van der Waals surface area contributed by atoms with Gasteiger partial charge in [0.25, 0.3) is 11.7 Å². The zero-order valence-corrected chi connectivity index (χ0v) is 17.8. The molecule has 3 aromatic rings. The summed E-state index contributed by atoms with van der Waals surface area (Å²) < 4.78 is 5.23. The van der Waals surface area contributed by atoms with Crippen molar-refractivity contribution < 1.29 is 19.4 Å². The first-order valence-electron chi connectivity index (χ1n) is 9.69. The first kappa shape index (κ1) is 20.7.